The monoisotopic (exact) mass is 403 g/mol. The second kappa shape index (κ2) is 7.42. The van der Waals surface area contributed by atoms with E-state index in [4.69, 9.17) is 16.0 Å². The highest BCUT2D eigenvalue weighted by molar-refractivity contribution is 7.89. The first kappa shape index (κ1) is 18.2. The Morgan fingerprint density at radius 2 is 1.63 bits per heavy atom. The molecule has 0 amide bonds. The van der Waals surface area contributed by atoms with E-state index in [9.17, 15) is 8.42 Å². The van der Waals surface area contributed by atoms with Crippen LogP contribution in [0.1, 0.15) is 24.7 Å². The Kier molecular flexibility index (Phi) is 4.99. The predicted molar refractivity (Wildman–Crippen MR) is 102 cm³/mol. The van der Waals surface area contributed by atoms with E-state index in [0.29, 0.717) is 42.7 Å². The fourth-order valence-electron chi connectivity index (χ4n) is 3.20. The van der Waals surface area contributed by atoms with E-state index in [1.807, 2.05) is 30.3 Å². The molecule has 3 aromatic rings. The van der Waals surface area contributed by atoms with Crippen LogP contribution in [0.5, 0.6) is 0 Å². The molecule has 2 aromatic carbocycles. The highest BCUT2D eigenvalue weighted by Gasteiger charge is 2.32. The van der Waals surface area contributed by atoms with E-state index in [1.54, 1.807) is 12.1 Å². The van der Waals surface area contributed by atoms with Crippen LogP contribution in [-0.2, 0) is 10.0 Å². The molecule has 0 N–H and O–H groups in total. The van der Waals surface area contributed by atoms with Crippen molar-refractivity contribution in [3.8, 4) is 11.5 Å². The third-order valence-electron chi connectivity index (χ3n) is 4.72. The SMILES string of the molecule is O=S(=O)(c1ccc(Cl)cc1)N1CCC(c2nnc(-c3ccccc3)o2)CC1. The highest BCUT2D eigenvalue weighted by Crippen LogP contribution is 2.31. The van der Waals surface area contributed by atoms with Crippen LogP contribution in [0.15, 0.2) is 63.9 Å². The third kappa shape index (κ3) is 3.76. The largest absolute Gasteiger partial charge is 0.420 e. The highest BCUT2D eigenvalue weighted by atomic mass is 35.5. The second-order valence-corrected chi connectivity index (χ2v) is 8.82. The van der Waals surface area contributed by atoms with Crippen LogP contribution in [0.3, 0.4) is 0 Å². The van der Waals surface area contributed by atoms with E-state index in [0.717, 1.165) is 5.56 Å². The van der Waals surface area contributed by atoms with E-state index in [2.05, 4.69) is 10.2 Å². The number of rotatable bonds is 4. The maximum Gasteiger partial charge on any atom is 0.247 e. The first-order valence-electron chi connectivity index (χ1n) is 8.68. The van der Waals surface area contributed by atoms with Gasteiger partial charge in [-0.25, -0.2) is 8.42 Å². The summed E-state index contributed by atoms with van der Waals surface area (Å²) in [6.07, 6.45) is 1.28. The van der Waals surface area contributed by atoms with Gasteiger partial charge in [-0.05, 0) is 49.2 Å². The summed E-state index contributed by atoms with van der Waals surface area (Å²) in [5.41, 5.74) is 0.874. The molecule has 6 nitrogen and oxygen atoms in total. The van der Waals surface area contributed by atoms with Gasteiger partial charge < -0.3 is 4.42 Å². The number of halogens is 1. The van der Waals surface area contributed by atoms with Gasteiger partial charge in [0.1, 0.15) is 0 Å². The van der Waals surface area contributed by atoms with Crippen molar-refractivity contribution >= 4 is 21.6 Å². The Labute approximate surface area is 162 Å². The van der Waals surface area contributed by atoms with Crippen LogP contribution in [0.4, 0.5) is 0 Å². The lowest BCUT2D eigenvalue weighted by atomic mass is 9.98. The minimum Gasteiger partial charge on any atom is -0.420 e. The lowest BCUT2D eigenvalue weighted by molar-refractivity contribution is 0.291. The standard InChI is InChI=1S/C19H18ClN3O3S/c20-16-6-8-17(9-7-16)27(24,25)23-12-10-15(11-13-23)19-22-21-18(26-19)14-4-2-1-3-5-14/h1-9,15H,10-13H2. The van der Waals surface area contributed by atoms with E-state index in [1.165, 1.54) is 16.4 Å². The Balaban J connectivity index is 1.45. The summed E-state index contributed by atoms with van der Waals surface area (Å²) in [6.45, 7) is 0.831. The maximum atomic E-state index is 12.8. The van der Waals surface area contributed by atoms with E-state index < -0.39 is 10.0 Å². The molecule has 0 atom stereocenters. The fraction of sp³-hybridized carbons (Fsp3) is 0.263. The first-order valence-corrected chi connectivity index (χ1v) is 10.5. The zero-order valence-electron chi connectivity index (χ0n) is 14.5. The third-order valence-corrected chi connectivity index (χ3v) is 6.88. The number of benzene rings is 2. The quantitative estimate of drug-likeness (QED) is 0.659. The minimum absolute atomic E-state index is 0.0617. The van der Waals surface area contributed by atoms with Crippen LogP contribution < -0.4 is 0 Å². The first-order chi connectivity index (χ1) is 13.0. The lowest BCUT2D eigenvalue weighted by Gasteiger charge is -2.29. The molecule has 0 bridgehead atoms. The molecule has 1 aliphatic heterocycles. The number of aromatic nitrogens is 2. The summed E-state index contributed by atoms with van der Waals surface area (Å²) in [5, 5.41) is 8.81. The second-order valence-electron chi connectivity index (χ2n) is 6.44. The molecule has 1 fully saturated rings. The zero-order chi connectivity index (χ0) is 18.9. The molecule has 1 aromatic heterocycles. The molecule has 0 spiro atoms. The Hall–Kier alpha value is -2.22. The number of sulfonamides is 1. The smallest absolute Gasteiger partial charge is 0.247 e. The summed E-state index contributed by atoms with van der Waals surface area (Å²) >= 11 is 5.85. The summed E-state index contributed by atoms with van der Waals surface area (Å²) in [4.78, 5) is 0.259. The molecular weight excluding hydrogens is 386 g/mol. The molecule has 1 aliphatic rings. The van der Waals surface area contributed by atoms with Crippen molar-refractivity contribution < 1.29 is 12.8 Å². The summed E-state index contributed by atoms with van der Waals surface area (Å²) in [7, 11) is -3.51. The van der Waals surface area contributed by atoms with Crippen molar-refractivity contribution in [3.05, 3.63) is 65.5 Å². The lowest BCUT2D eigenvalue weighted by Crippen LogP contribution is -2.37. The molecule has 1 saturated heterocycles. The van der Waals surface area contributed by atoms with E-state index in [-0.39, 0.29) is 10.8 Å². The Bertz CT molecular complexity index is 1010. The number of nitrogens with zero attached hydrogens (tertiary/aromatic N) is 3. The molecule has 4 rings (SSSR count). The molecule has 2 heterocycles. The van der Waals surface area contributed by atoms with Gasteiger partial charge in [0.05, 0.1) is 4.90 Å². The molecule has 0 radical (unpaired) electrons. The van der Waals surface area contributed by atoms with Gasteiger partial charge >= 0.3 is 0 Å². The van der Waals surface area contributed by atoms with Gasteiger partial charge in [-0.15, -0.1) is 10.2 Å². The van der Waals surface area contributed by atoms with Crippen LogP contribution in [0, 0.1) is 0 Å². The van der Waals surface area contributed by atoms with Gasteiger partial charge in [0, 0.05) is 29.6 Å². The van der Waals surface area contributed by atoms with Crippen molar-refractivity contribution in [2.24, 2.45) is 0 Å². The van der Waals surface area contributed by atoms with Crippen LogP contribution in [0.2, 0.25) is 5.02 Å². The fourth-order valence-corrected chi connectivity index (χ4v) is 4.79. The van der Waals surface area contributed by atoms with Crippen molar-refractivity contribution in [2.75, 3.05) is 13.1 Å². The minimum atomic E-state index is -3.51. The molecule has 0 unspecified atom stereocenters. The molecule has 140 valence electrons. The summed E-state index contributed by atoms with van der Waals surface area (Å²) in [5.74, 6) is 1.12. The van der Waals surface area contributed by atoms with Gasteiger partial charge in [0.15, 0.2) is 0 Å². The average Bonchev–Trinajstić information content (AvgIpc) is 3.19. The predicted octanol–water partition coefficient (Wildman–Crippen LogP) is 3.96. The number of piperidine rings is 1. The van der Waals surface area contributed by atoms with Crippen molar-refractivity contribution in [3.63, 3.8) is 0 Å². The molecule has 0 saturated carbocycles. The zero-order valence-corrected chi connectivity index (χ0v) is 16.0. The number of hydrogen-bond donors (Lipinski definition) is 0. The van der Waals surface area contributed by atoms with Crippen molar-refractivity contribution in [1.82, 2.24) is 14.5 Å². The van der Waals surface area contributed by atoms with Crippen LogP contribution in [-0.4, -0.2) is 36.0 Å². The Morgan fingerprint density at radius 3 is 2.30 bits per heavy atom. The number of hydrogen-bond acceptors (Lipinski definition) is 5. The van der Waals surface area contributed by atoms with Crippen molar-refractivity contribution in [1.29, 1.82) is 0 Å². The molecular formula is C19H18ClN3O3S. The van der Waals surface area contributed by atoms with Crippen LogP contribution in [0.25, 0.3) is 11.5 Å². The molecule has 27 heavy (non-hydrogen) atoms. The van der Waals surface area contributed by atoms with E-state index >= 15 is 0 Å². The van der Waals surface area contributed by atoms with Gasteiger partial charge in [-0.3, -0.25) is 0 Å². The van der Waals surface area contributed by atoms with Gasteiger partial charge in [0.25, 0.3) is 0 Å². The van der Waals surface area contributed by atoms with Gasteiger partial charge in [-0.2, -0.15) is 4.31 Å². The topological polar surface area (TPSA) is 76.3 Å². The molecule has 8 heteroatoms. The van der Waals surface area contributed by atoms with Crippen molar-refractivity contribution in [2.45, 2.75) is 23.7 Å². The Morgan fingerprint density at radius 1 is 0.963 bits per heavy atom. The average molecular weight is 404 g/mol. The normalized spacial score (nSPS) is 16.5. The summed E-state index contributed by atoms with van der Waals surface area (Å²) in [6, 6.07) is 15.8. The van der Waals surface area contributed by atoms with Gasteiger partial charge in [-0.1, -0.05) is 29.8 Å². The maximum absolute atomic E-state index is 12.8. The van der Waals surface area contributed by atoms with Gasteiger partial charge in [0.2, 0.25) is 21.8 Å². The molecule has 0 aliphatic carbocycles. The van der Waals surface area contributed by atoms with Crippen LogP contribution >= 0.6 is 11.6 Å². The summed E-state index contributed by atoms with van der Waals surface area (Å²) < 4.78 is 32.8.